The highest BCUT2D eigenvalue weighted by Crippen LogP contribution is 2.09. The van der Waals surface area contributed by atoms with Crippen LogP contribution >= 0.6 is 0 Å². The van der Waals surface area contributed by atoms with E-state index < -0.39 is 11.7 Å². The molecule has 0 atom stereocenters. The van der Waals surface area contributed by atoms with Crippen molar-refractivity contribution in [2.45, 2.75) is 33.3 Å². The second-order valence-electron chi connectivity index (χ2n) is 6.95. The van der Waals surface area contributed by atoms with Gasteiger partial charge in [0, 0.05) is 26.2 Å². The molecule has 0 radical (unpaired) electrons. The van der Waals surface area contributed by atoms with Gasteiger partial charge in [-0.15, -0.1) is 0 Å². The minimum Gasteiger partial charge on any atom is -0.463 e. The molecule has 0 spiro atoms. The standard InChI is InChI=1S/C19H36N2O7/c1-7-26-17(22)9-8-10-20(5)11-12-24-13-14-25-15-16-27-21(6)18(23)28-19(2,3)4/h8-9H,7,10-16H2,1-6H3/b9-8+. The predicted octanol–water partition coefficient (Wildman–Crippen LogP) is 1.87. The van der Waals surface area contributed by atoms with E-state index in [4.69, 9.17) is 23.8 Å². The smallest absolute Gasteiger partial charge is 0.434 e. The van der Waals surface area contributed by atoms with Crippen LogP contribution in [0.25, 0.3) is 0 Å². The molecule has 9 heteroatoms. The molecule has 0 heterocycles. The third-order valence-electron chi connectivity index (χ3n) is 3.11. The van der Waals surface area contributed by atoms with Gasteiger partial charge in [0.25, 0.3) is 0 Å². The van der Waals surface area contributed by atoms with Gasteiger partial charge in [0.2, 0.25) is 0 Å². The van der Waals surface area contributed by atoms with Crippen LogP contribution in [-0.2, 0) is 28.6 Å². The van der Waals surface area contributed by atoms with Gasteiger partial charge in [0.15, 0.2) is 0 Å². The number of hydrogen-bond acceptors (Lipinski definition) is 8. The second kappa shape index (κ2) is 15.3. The second-order valence-corrected chi connectivity index (χ2v) is 6.95. The number of amides is 1. The first-order valence-corrected chi connectivity index (χ1v) is 9.42. The lowest BCUT2D eigenvalue weighted by molar-refractivity contribution is -0.143. The van der Waals surface area contributed by atoms with Gasteiger partial charge < -0.3 is 23.8 Å². The van der Waals surface area contributed by atoms with Gasteiger partial charge in [0.05, 0.1) is 39.6 Å². The fourth-order valence-corrected chi connectivity index (χ4v) is 1.76. The molecule has 1 amide bonds. The molecule has 0 saturated carbocycles. The van der Waals surface area contributed by atoms with E-state index in [1.165, 1.54) is 13.1 Å². The molecule has 0 unspecified atom stereocenters. The highest BCUT2D eigenvalue weighted by atomic mass is 16.7. The van der Waals surface area contributed by atoms with Gasteiger partial charge in [-0.1, -0.05) is 6.08 Å². The Hall–Kier alpha value is -1.68. The third-order valence-corrected chi connectivity index (χ3v) is 3.11. The SMILES string of the molecule is CCOC(=O)/C=C/CN(C)CCOCCOCCON(C)C(=O)OC(C)(C)C. The van der Waals surface area contributed by atoms with E-state index >= 15 is 0 Å². The zero-order valence-corrected chi connectivity index (χ0v) is 18.1. The first kappa shape index (κ1) is 26.3. The molecule has 0 aliphatic carbocycles. The number of carbonyl (C=O) groups is 2. The summed E-state index contributed by atoms with van der Waals surface area (Å²) in [5, 5.41) is 1.05. The van der Waals surface area contributed by atoms with Crippen LogP contribution in [-0.4, -0.2) is 94.5 Å². The van der Waals surface area contributed by atoms with Gasteiger partial charge in [0.1, 0.15) is 5.60 Å². The molecule has 0 rings (SSSR count). The number of hydroxylamine groups is 2. The van der Waals surface area contributed by atoms with Crippen LogP contribution in [0.1, 0.15) is 27.7 Å². The minimum absolute atomic E-state index is 0.241. The van der Waals surface area contributed by atoms with Crippen molar-refractivity contribution in [3.63, 3.8) is 0 Å². The first-order chi connectivity index (χ1) is 13.2. The molecule has 0 aliphatic heterocycles. The number of nitrogens with zero attached hydrogens (tertiary/aromatic N) is 2. The Morgan fingerprint density at radius 1 is 0.964 bits per heavy atom. The number of likely N-dealkylation sites (N-methyl/N-ethyl adjacent to an activating group) is 1. The summed E-state index contributed by atoms with van der Waals surface area (Å²) < 4.78 is 20.8. The molecular weight excluding hydrogens is 368 g/mol. The monoisotopic (exact) mass is 404 g/mol. The molecule has 0 aliphatic rings. The molecule has 0 fully saturated rings. The van der Waals surface area contributed by atoms with Crippen molar-refractivity contribution in [3.8, 4) is 0 Å². The number of ether oxygens (including phenoxy) is 4. The Morgan fingerprint density at radius 2 is 1.57 bits per heavy atom. The Balaban J connectivity index is 3.55. The van der Waals surface area contributed by atoms with Crippen LogP contribution in [0.3, 0.4) is 0 Å². The van der Waals surface area contributed by atoms with Crippen LogP contribution in [0.15, 0.2) is 12.2 Å². The van der Waals surface area contributed by atoms with E-state index in [0.29, 0.717) is 39.6 Å². The molecule has 9 nitrogen and oxygen atoms in total. The van der Waals surface area contributed by atoms with Gasteiger partial charge in [-0.2, -0.15) is 5.06 Å². The van der Waals surface area contributed by atoms with Crippen molar-refractivity contribution in [3.05, 3.63) is 12.2 Å². The summed E-state index contributed by atoms with van der Waals surface area (Å²) >= 11 is 0. The normalized spacial score (nSPS) is 11.8. The quantitative estimate of drug-likeness (QED) is 0.188. The van der Waals surface area contributed by atoms with E-state index in [9.17, 15) is 9.59 Å². The maximum atomic E-state index is 11.7. The summed E-state index contributed by atoms with van der Waals surface area (Å²) in [6.45, 7) is 10.9. The summed E-state index contributed by atoms with van der Waals surface area (Å²) in [5.74, 6) is -0.328. The van der Waals surface area contributed by atoms with Gasteiger partial charge in [-0.05, 0) is 34.7 Å². The van der Waals surface area contributed by atoms with Gasteiger partial charge in [-0.3, -0.25) is 4.84 Å². The molecule has 164 valence electrons. The summed E-state index contributed by atoms with van der Waals surface area (Å²) in [6.07, 6.45) is 2.64. The van der Waals surface area contributed by atoms with Crippen molar-refractivity contribution in [2.75, 3.05) is 66.8 Å². The lowest BCUT2D eigenvalue weighted by atomic mass is 10.2. The molecule has 0 saturated heterocycles. The fourth-order valence-electron chi connectivity index (χ4n) is 1.76. The summed E-state index contributed by atoms with van der Waals surface area (Å²) in [5.41, 5.74) is -0.562. The Kier molecular flexibility index (Phi) is 14.4. The number of esters is 1. The fraction of sp³-hybridized carbons (Fsp3) is 0.789. The lowest BCUT2D eigenvalue weighted by Crippen LogP contribution is -2.35. The Bertz CT molecular complexity index is 464. The molecule has 0 aromatic carbocycles. The van der Waals surface area contributed by atoms with Crippen LogP contribution in [0.2, 0.25) is 0 Å². The highest BCUT2D eigenvalue weighted by Gasteiger charge is 2.19. The van der Waals surface area contributed by atoms with E-state index in [2.05, 4.69) is 0 Å². The van der Waals surface area contributed by atoms with Crippen LogP contribution < -0.4 is 0 Å². The van der Waals surface area contributed by atoms with E-state index in [1.807, 2.05) is 11.9 Å². The third kappa shape index (κ3) is 16.5. The molecule has 0 aromatic heterocycles. The average Bonchev–Trinajstić information content (AvgIpc) is 2.58. The highest BCUT2D eigenvalue weighted by molar-refractivity contribution is 5.81. The molecular formula is C19H36N2O7. The number of hydrogen-bond donors (Lipinski definition) is 0. The average molecular weight is 405 g/mol. The van der Waals surface area contributed by atoms with Crippen molar-refractivity contribution in [1.82, 2.24) is 9.96 Å². The zero-order valence-electron chi connectivity index (χ0n) is 18.1. The molecule has 0 bridgehead atoms. The minimum atomic E-state index is -0.562. The van der Waals surface area contributed by atoms with Crippen molar-refractivity contribution in [1.29, 1.82) is 0 Å². The summed E-state index contributed by atoms with van der Waals surface area (Å²) in [4.78, 5) is 30.1. The maximum absolute atomic E-state index is 11.7. The van der Waals surface area contributed by atoms with Crippen molar-refractivity contribution >= 4 is 12.1 Å². The molecule has 28 heavy (non-hydrogen) atoms. The predicted molar refractivity (Wildman–Crippen MR) is 105 cm³/mol. The van der Waals surface area contributed by atoms with Gasteiger partial charge in [-0.25, -0.2) is 9.59 Å². The topological polar surface area (TPSA) is 86.8 Å². The van der Waals surface area contributed by atoms with Crippen molar-refractivity contribution < 1.29 is 33.4 Å². The molecule has 0 aromatic rings. The molecule has 0 N–H and O–H groups in total. The van der Waals surface area contributed by atoms with E-state index in [1.54, 1.807) is 33.8 Å². The maximum Gasteiger partial charge on any atom is 0.434 e. The van der Waals surface area contributed by atoms with E-state index in [0.717, 1.165) is 11.6 Å². The van der Waals surface area contributed by atoms with Crippen molar-refractivity contribution in [2.24, 2.45) is 0 Å². The summed E-state index contributed by atoms with van der Waals surface area (Å²) in [6, 6.07) is 0. The number of rotatable bonds is 14. The largest absolute Gasteiger partial charge is 0.463 e. The Morgan fingerprint density at radius 3 is 2.18 bits per heavy atom. The zero-order chi connectivity index (χ0) is 21.4. The van der Waals surface area contributed by atoms with Gasteiger partial charge >= 0.3 is 12.1 Å². The van der Waals surface area contributed by atoms with Crippen LogP contribution in [0.4, 0.5) is 4.79 Å². The first-order valence-electron chi connectivity index (χ1n) is 9.42. The van der Waals surface area contributed by atoms with Crippen LogP contribution in [0.5, 0.6) is 0 Å². The van der Waals surface area contributed by atoms with E-state index in [-0.39, 0.29) is 12.6 Å². The lowest BCUT2D eigenvalue weighted by Gasteiger charge is -2.23. The van der Waals surface area contributed by atoms with Crippen LogP contribution in [0, 0.1) is 0 Å². The number of carbonyl (C=O) groups excluding carboxylic acids is 2. The summed E-state index contributed by atoms with van der Waals surface area (Å²) in [7, 11) is 3.43. The Labute approximate surface area is 168 Å².